The first-order valence-corrected chi connectivity index (χ1v) is 9.95. The number of carbonyl (C=O) groups is 2. The van der Waals surface area contributed by atoms with Gasteiger partial charge in [-0.25, -0.2) is 0 Å². The molecule has 8 heteroatoms. The van der Waals surface area contributed by atoms with E-state index in [-0.39, 0.29) is 18.2 Å². The molecule has 3 aromatic carbocycles. The number of hydrogen-bond acceptors (Lipinski definition) is 4. The highest BCUT2D eigenvalue weighted by molar-refractivity contribution is 6.08. The van der Waals surface area contributed by atoms with Gasteiger partial charge in [-0.15, -0.1) is 0 Å². The number of halogens is 3. The van der Waals surface area contributed by atoms with Crippen molar-refractivity contribution in [1.29, 1.82) is 0 Å². The molecule has 1 amide bonds. The third kappa shape index (κ3) is 4.28. The summed E-state index contributed by atoms with van der Waals surface area (Å²) in [6.07, 6.45) is -4.42. The number of rotatable bonds is 5. The van der Waals surface area contributed by atoms with E-state index in [2.05, 4.69) is 10.6 Å². The van der Waals surface area contributed by atoms with Crippen molar-refractivity contribution in [3.63, 3.8) is 0 Å². The van der Waals surface area contributed by atoms with Crippen LogP contribution < -0.4 is 16.4 Å². The zero-order valence-electron chi connectivity index (χ0n) is 16.9. The second kappa shape index (κ2) is 8.57. The van der Waals surface area contributed by atoms with Crippen LogP contribution in [0.1, 0.15) is 33.1 Å². The number of fused-ring (bicyclic) bond motifs is 1. The Bertz CT molecular complexity index is 1170. The number of nitrogens with one attached hydrogen (secondary N) is 2. The predicted molar refractivity (Wildman–Crippen MR) is 115 cm³/mol. The molecule has 0 aliphatic carbocycles. The predicted octanol–water partition coefficient (Wildman–Crippen LogP) is 4.30. The lowest BCUT2D eigenvalue weighted by molar-refractivity contribution is -0.137. The number of alkyl halides is 3. The number of anilines is 1. The fourth-order valence-electron chi connectivity index (χ4n) is 3.82. The summed E-state index contributed by atoms with van der Waals surface area (Å²) in [5.74, 6) is -0.494. The van der Waals surface area contributed by atoms with Crippen LogP contribution in [0.25, 0.3) is 11.1 Å². The van der Waals surface area contributed by atoms with Gasteiger partial charge in [0.25, 0.3) is 5.91 Å². The highest BCUT2D eigenvalue weighted by Crippen LogP contribution is 2.32. The topological polar surface area (TPSA) is 84.2 Å². The first-order chi connectivity index (χ1) is 15.3. The molecule has 32 heavy (non-hydrogen) atoms. The molecule has 4 N–H and O–H groups in total. The number of carbonyl (C=O) groups excluding carboxylic acids is 2. The smallest absolute Gasteiger partial charge is 0.324 e. The Labute approximate surface area is 182 Å². The van der Waals surface area contributed by atoms with Crippen LogP contribution in [-0.4, -0.2) is 18.2 Å². The van der Waals surface area contributed by atoms with Crippen LogP contribution in [0.2, 0.25) is 0 Å². The maximum absolute atomic E-state index is 13.0. The van der Waals surface area contributed by atoms with Crippen molar-refractivity contribution in [3.05, 3.63) is 89.0 Å². The quantitative estimate of drug-likeness (QED) is 0.554. The minimum atomic E-state index is -4.42. The lowest BCUT2D eigenvalue weighted by Crippen LogP contribution is -2.27. The fraction of sp³-hybridized carbons (Fsp3) is 0.167. The van der Waals surface area contributed by atoms with E-state index in [9.17, 15) is 22.8 Å². The maximum atomic E-state index is 13.0. The highest BCUT2D eigenvalue weighted by Gasteiger charge is 2.30. The van der Waals surface area contributed by atoms with Crippen LogP contribution in [0.3, 0.4) is 0 Å². The molecule has 3 aromatic rings. The second-order valence-corrected chi connectivity index (χ2v) is 7.47. The molecule has 4 rings (SSSR count). The Hall–Kier alpha value is -3.49. The van der Waals surface area contributed by atoms with E-state index in [1.165, 1.54) is 12.1 Å². The number of Topliss-reactive ketones (excluding diaryl/α,β-unsaturated/α-hetero) is 1. The van der Waals surface area contributed by atoms with Gasteiger partial charge in [-0.2, -0.15) is 13.2 Å². The summed E-state index contributed by atoms with van der Waals surface area (Å²) in [5, 5.41) is 5.94. The number of nitrogens with two attached hydrogens (primary N) is 1. The molecule has 1 heterocycles. The molecule has 0 saturated heterocycles. The molecule has 1 unspecified atom stereocenters. The van der Waals surface area contributed by atoms with E-state index in [4.69, 9.17) is 5.73 Å². The largest absolute Gasteiger partial charge is 0.416 e. The van der Waals surface area contributed by atoms with Crippen molar-refractivity contribution >= 4 is 17.4 Å². The molecule has 1 atom stereocenters. The lowest BCUT2D eigenvalue weighted by Gasteiger charge is -2.13. The minimum Gasteiger partial charge on any atom is -0.324 e. The van der Waals surface area contributed by atoms with E-state index in [0.29, 0.717) is 28.9 Å². The van der Waals surface area contributed by atoms with Crippen molar-refractivity contribution < 1.29 is 22.8 Å². The number of ketones is 1. The molecule has 1 aliphatic rings. The molecule has 5 nitrogen and oxygen atoms in total. The third-order valence-corrected chi connectivity index (χ3v) is 5.43. The monoisotopic (exact) mass is 439 g/mol. The Balaban J connectivity index is 1.57. The second-order valence-electron chi connectivity index (χ2n) is 7.47. The summed E-state index contributed by atoms with van der Waals surface area (Å²) >= 11 is 0. The highest BCUT2D eigenvalue weighted by atomic mass is 19.4. The van der Waals surface area contributed by atoms with Gasteiger partial charge in [0.15, 0.2) is 5.78 Å². The van der Waals surface area contributed by atoms with Gasteiger partial charge >= 0.3 is 6.18 Å². The molecule has 0 aromatic heterocycles. The zero-order valence-corrected chi connectivity index (χ0v) is 16.9. The molecule has 0 bridgehead atoms. The Morgan fingerprint density at radius 2 is 1.75 bits per heavy atom. The third-order valence-electron chi connectivity index (χ3n) is 5.43. The Morgan fingerprint density at radius 1 is 1.03 bits per heavy atom. The van der Waals surface area contributed by atoms with Gasteiger partial charge in [-0.05, 0) is 52.6 Å². The zero-order chi connectivity index (χ0) is 22.9. The summed E-state index contributed by atoms with van der Waals surface area (Å²) in [4.78, 5) is 24.9. The SMILES string of the molecule is NCC(=O)C1NCc2cc(NC(=O)c3ccccc3-c3ccc(C(F)(F)F)cc3)ccc21. The van der Waals surface area contributed by atoms with Crippen molar-refractivity contribution in [3.8, 4) is 11.1 Å². The molecular formula is C24H20F3N3O2. The van der Waals surface area contributed by atoms with Gasteiger partial charge in [0.1, 0.15) is 0 Å². The van der Waals surface area contributed by atoms with Crippen molar-refractivity contribution in [2.24, 2.45) is 5.73 Å². The van der Waals surface area contributed by atoms with Crippen LogP contribution in [0.4, 0.5) is 18.9 Å². The first-order valence-electron chi connectivity index (χ1n) is 9.95. The minimum absolute atomic E-state index is 0.0592. The summed E-state index contributed by atoms with van der Waals surface area (Å²) in [6, 6.07) is 16.3. The van der Waals surface area contributed by atoms with Crippen molar-refractivity contribution in [2.75, 3.05) is 11.9 Å². The summed E-state index contributed by atoms with van der Waals surface area (Å²) < 4.78 is 38.6. The van der Waals surface area contributed by atoms with Crippen molar-refractivity contribution in [1.82, 2.24) is 5.32 Å². The first kappa shape index (κ1) is 21.7. The van der Waals surface area contributed by atoms with E-state index in [1.54, 1.807) is 42.5 Å². The molecule has 0 saturated carbocycles. The van der Waals surface area contributed by atoms with Gasteiger partial charge in [-0.3, -0.25) is 14.9 Å². The molecule has 0 fully saturated rings. The summed E-state index contributed by atoms with van der Waals surface area (Å²) in [7, 11) is 0. The van der Waals surface area contributed by atoms with Gasteiger partial charge in [0.05, 0.1) is 18.2 Å². The molecule has 164 valence electrons. The van der Waals surface area contributed by atoms with Gasteiger partial charge in [-0.1, -0.05) is 36.4 Å². The number of amides is 1. The van der Waals surface area contributed by atoms with Crippen LogP contribution in [0, 0.1) is 0 Å². The average molecular weight is 439 g/mol. The number of hydrogen-bond donors (Lipinski definition) is 3. The van der Waals surface area contributed by atoms with Gasteiger partial charge < -0.3 is 11.1 Å². The van der Waals surface area contributed by atoms with Crippen LogP contribution in [0.5, 0.6) is 0 Å². The number of benzene rings is 3. The van der Waals surface area contributed by atoms with E-state index >= 15 is 0 Å². The fourth-order valence-corrected chi connectivity index (χ4v) is 3.82. The van der Waals surface area contributed by atoms with Crippen molar-refractivity contribution in [2.45, 2.75) is 18.8 Å². The van der Waals surface area contributed by atoms with Gasteiger partial charge in [0, 0.05) is 17.8 Å². The Morgan fingerprint density at radius 3 is 2.44 bits per heavy atom. The summed E-state index contributed by atoms with van der Waals surface area (Å²) in [6.45, 7) is 0.425. The molecule has 0 spiro atoms. The lowest BCUT2D eigenvalue weighted by atomic mass is 9.97. The molecule has 1 aliphatic heterocycles. The maximum Gasteiger partial charge on any atom is 0.416 e. The van der Waals surface area contributed by atoms with Gasteiger partial charge in [0.2, 0.25) is 0 Å². The van der Waals surface area contributed by atoms with Crippen LogP contribution in [0.15, 0.2) is 66.7 Å². The van der Waals surface area contributed by atoms with Crippen LogP contribution >= 0.6 is 0 Å². The summed E-state index contributed by atoms with van der Waals surface area (Å²) in [5.41, 5.74) is 8.36. The Kier molecular flexibility index (Phi) is 5.82. The van der Waals surface area contributed by atoms with E-state index in [0.717, 1.165) is 23.3 Å². The standard InChI is InChI=1S/C24H20F3N3O2/c25-24(26,27)16-7-5-14(6-8-16)18-3-1-2-4-20(18)23(32)30-17-9-10-19-15(11-17)13-29-22(19)21(31)12-28/h1-11,22,29H,12-13,28H2,(H,30,32). The normalized spacial score (nSPS) is 15.3. The van der Waals surface area contributed by atoms with E-state index < -0.39 is 17.8 Å². The van der Waals surface area contributed by atoms with E-state index in [1.807, 2.05) is 0 Å². The molecular weight excluding hydrogens is 419 g/mol. The average Bonchev–Trinajstić information content (AvgIpc) is 3.21. The van der Waals surface area contributed by atoms with Crippen LogP contribution in [-0.2, 0) is 17.5 Å². The molecule has 0 radical (unpaired) electrons.